The van der Waals surface area contributed by atoms with Crippen molar-refractivity contribution in [2.24, 2.45) is 0 Å². The maximum atomic E-state index is 12.8. The van der Waals surface area contributed by atoms with Gasteiger partial charge in [-0.15, -0.1) is 0 Å². The average Bonchev–Trinajstić information content (AvgIpc) is 2.17. The quantitative estimate of drug-likeness (QED) is 0.349. The van der Waals surface area contributed by atoms with E-state index in [4.69, 9.17) is 23.2 Å². The number of rotatable bonds is 5. The Bertz CT molecular complexity index is 271. The zero-order valence-electron chi connectivity index (χ0n) is 7.94. The van der Waals surface area contributed by atoms with Gasteiger partial charge in [0, 0.05) is 0 Å². The third-order valence-corrected chi connectivity index (χ3v) is 2.07. The molecule has 0 radical (unpaired) electrons. The third kappa shape index (κ3) is 3.25. The molecule has 0 aliphatic heterocycles. The predicted octanol–water partition coefficient (Wildman–Crippen LogP) is 1.10. The Morgan fingerprint density at radius 2 is 1.87 bits per heavy atom. The van der Waals surface area contributed by atoms with Gasteiger partial charge < -0.3 is 4.74 Å². The number of alkyl halides is 4. The molecule has 0 saturated heterocycles. The van der Waals surface area contributed by atoms with E-state index in [2.05, 4.69) is 4.74 Å². The molecule has 0 fully saturated rings. The van der Waals surface area contributed by atoms with Crippen LogP contribution in [-0.4, -0.2) is 35.8 Å². The van der Waals surface area contributed by atoms with Crippen LogP contribution in [0, 0.1) is 0 Å². The first-order valence-corrected chi connectivity index (χ1v) is 4.62. The van der Waals surface area contributed by atoms with E-state index in [1.807, 2.05) is 0 Å². The van der Waals surface area contributed by atoms with Crippen LogP contribution >= 0.6 is 23.2 Å². The first-order valence-electron chi connectivity index (χ1n) is 3.86. The molecule has 4 nitrogen and oxygen atoms in total. The average molecular weight is 264 g/mol. The van der Waals surface area contributed by atoms with Gasteiger partial charge in [0.2, 0.25) is 0 Å². The van der Waals surface area contributed by atoms with E-state index < -0.39 is 22.1 Å². The van der Waals surface area contributed by atoms with Crippen LogP contribution in [-0.2, 0) is 14.3 Å². The van der Waals surface area contributed by atoms with Gasteiger partial charge in [0.15, 0.2) is 0 Å². The van der Waals surface area contributed by atoms with E-state index >= 15 is 0 Å². The fraction of sp³-hybridized carbons (Fsp3) is 0.714. The van der Waals surface area contributed by atoms with Gasteiger partial charge in [0.25, 0.3) is 10.1 Å². The summed E-state index contributed by atoms with van der Waals surface area (Å²) in [5.41, 5.74) is 0. The summed E-state index contributed by atoms with van der Waals surface area (Å²) in [6, 6.07) is -3.99. The summed E-state index contributed by atoms with van der Waals surface area (Å²) in [7, 11) is 0.826. The summed E-state index contributed by atoms with van der Waals surface area (Å²) < 4.78 is 27.0. The van der Waals surface area contributed by atoms with E-state index in [0.717, 1.165) is 7.05 Å². The minimum absolute atomic E-state index is 0.127. The second-order valence-electron chi connectivity index (χ2n) is 2.45. The molecule has 0 aromatic carbocycles. The summed E-state index contributed by atoms with van der Waals surface area (Å²) in [4.78, 5) is 22.1. The fourth-order valence-corrected chi connectivity index (χ4v) is 0.972. The lowest BCUT2D eigenvalue weighted by atomic mass is 10.2. The Morgan fingerprint density at radius 3 is 2.20 bits per heavy atom. The van der Waals surface area contributed by atoms with Crippen LogP contribution in [0.15, 0.2) is 0 Å². The second kappa shape index (κ2) is 5.05. The van der Waals surface area contributed by atoms with Crippen molar-refractivity contribution in [3.63, 3.8) is 0 Å². The molecule has 0 unspecified atom stereocenters. The standard InChI is InChI=1S/C7H9Cl2F2NO3/c1-3-15-5(14)6(8,9)4(13)7(10,11)12-2/h12H,3H2,1-2H3. The predicted molar refractivity (Wildman–Crippen MR) is 50.1 cm³/mol. The summed E-state index contributed by atoms with van der Waals surface area (Å²) in [6.45, 7) is 1.29. The molecule has 0 saturated carbocycles. The highest BCUT2D eigenvalue weighted by atomic mass is 35.5. The van der Waals surface area contributed by atoms with E-state index in [9.17, 15) is 18.4 Å². The van der Waals surface area contributed by atoms with Gasteiger partial charge in [-0.05, 0) is 14.0 Å². The molecular weight excluding hydrogens is 255 g/mol. The van der Waals surface area contributed by atoms with Crippen molar-refractivity contribution in [2.75, 3.05) is 13.7 Å². The Hall–Kier alpha value is -0.460. The molecule has 0 heterocycles. The maximum absolute atomic E-state index is 12.8. The smallest absolute Gasteiger partial charge is 0.365 e. The molecule has 0 amide bonds. The summed E-state index contributed by atoms with van der Waals surface area (Å²) in [6.07, 6.45) is 0. The minimum atomic E-state index is -3.99. The SMILES string of the molecule is CCOC(=O)C(Cl)(Cl)C(=O)C(F)(F)NC. The van der Waals surface area contributed by atoms with Crippen LogP contribution in [0.4, 0.5) is 8.78 Å². The lowest BCUT2D eigenvalue weighted by molar-refractivity contribution is -0.157. The fourth-order valence-electron chi connectivity index (χ4n) is 0.625. The molecule has 0 rings (SSSR count). The highest BCUT2D eigenvalue weighted by molar-refractivity contribution is 6.67. The van der Waals surface area contributed by atoms with Crippen LogP contribution in [0.5, 0.6) is 0 Å². The molecule has 0 aromatic heterocycles. The summed E-state index contributed by atoms with van der Waals surface area (Å²) >= 11 is 10.4. The molecule has 88 valence electrons. The molecule has 0 spiro atoms. The van der Waals surface area contributed by atoms with Gasteiger partial charge in [-0.25, -0.2) is 4.79 Å². The van der Waals surface area contributed by atoms with Gasteiger partial charge in [0.1, 0.15) is 0 Å². The van der Waals surface area contributed by atoms with Crippen molar-refractivity contribution < 1.29 is 23.1 Å². The number of esters is 1. The van der Waals surface area contributed by atoms with Crippen LogP contribution in [0.25, 0.3) is 0 Å². The van der Waals surface area contributed by atoms with Crippen molar-refractivity contribution in [3.05, 3.63) is 0 Å². The zero-order valence-corrected chi connectivity index (χ0v) is 9.46. The van der Waals surface area contributed by atoms with Crippen molar-refractivity contribution in [1.82, 2.24) is 5.32 Å². The molecule has 8 heteroatoms. The van der Waals surface area contributed by atoms with Gasteiger partial charge in [-0.3, -0.25) is 10.1 Å². The zero-order chi connectivity index (χ0) is 12.3. The topological polar surface area (TPSA) is 55.4 Å². The molecule has 0 aliphatic rings. The largest absolute Gasteiger partial charge is 0.463 e. The van der Waals surface area contributed by atoms with Crippen LogP contribution in [0.1, 0.15) is 6.92 Å². The Morgan fingerprint density at radius 1 is 1.40 bits per heavy atom. The van der Waals surface area contributed by atoms with Gasteiger partial charge >= 0.3 is 12.0 Å². The lowest BCUT2D eigenvalue weighted by Gasteiger charge is -2.21. The Balaban J connectivity index is 4.88. The van der Waals surface area contributed by atoms with E-state index in [0.29, 0.717) is 0 Å². The monoisotopic (exact) mass is 263 g/mol. The molecule has 0 aliphatic carbocycles. The van der Waals surface area contributed by atoms with Crippen LogP contribution in [0.2, 0.25) is 0 Å². The van der Waals surface area contributed by atoms with Crippen molar-refractivity contribution in [2.45, 2.75) is 17.3 Å². The van der Waals surface area contributed by atoms with Crippen LogP contribution < -0.4 is 5.32 Å². The summed E-state index contributed by atoms with van der Waals surface area (Å²) in [5.74, 6) is -3.40. The number of likely N-dealkylation sites (N-methyl/N-ethyl adjacent to an activating group) is 1. The molecule has 0 atom stereocenters. The van der Waals surface area contributed by atoms with Crippen molar-refractivity contribution in [1.29, 1.82) is 0 Å². The molecule has 1 N–H and O–H groups in total. The van der Waals surface area contributed by atoms with Crippen molar-refractivity contribution in [3.8, 4) is 0 Å². The highest BCUT2D eigenvalue weighted by Gasteiger charge is 2.55. The number of ether oxygens (including phenoxy) is 1. The van der Waals surface area contributed by atoms with Gasteiger partial charge in [-0.1, -0.05) is 23.2 Å². The van der Waals surface area contributed by atoms with E-state index in [1.54, 1.807) is 0 Å². The number of ketones is 1. The highest BCUT2D eigenvalue weighted by Crippen LogP contribution is 2.30. The number of carbonyl (C=O) groups is 2. The van der Waals surface area contributed by atoms with E-state index in [-0.39, 0.29) is 6.61 Å². The number of hydrogen-bond acceptors (Lipinski definition) is 4. The number of halogens is 4. The third-order valence-electron chi connectivity index (χ3n) is 1.42. The Kier molecular flexibility index (Phi) is 4.89. The molecule has 0 aromatic rings. The first kappa shape index (κ1) is 14.5. The van der Waals surface area contributed by atoms with Gasteiger partial charge in [0.05, 0.1) is 6.61 Å². The normalized spacial score (nSPS) is 12.4. The molecule has 0 bridgehead atoms. The lowest BCUT2D eigenvalue weighted by Crippen LogP contribution is -2.53. The number of nitrogens with one attached hydrogen (secondary N) is 1. The number of hydrogen-bond donors (Lipinski definition) is 1. The number of Topliss-reactive ketones (excluding diaryl/α,β-unsaturated/α-hetero) is 1. The maximum Gasteiger partial charge on any atom is 0.365 e. The minimum Gasteiger partial charge on any atom is -0.463 e. The van der Waals surface area contributed by atoms with Crippen LogP contribution in [0.3, 0.4) is 0 Å². The molecule has 15 heavy (non-hydrogen) atoms. The second-order valence-corrected chi connectivity index (χ2v) is 3.78. The first-order chi connectivity index (χ1) is 6.70. The van der Waals surface area contributed by atoms with Gasteiger partial charge in [-0.2, -0.15) is 8.78 Å². The molecular formula is C7H9Cl2F2NO3. The van der Waals surface area contributed by atoms with E-state index in [1.165, 1.54) is 12.2 Å². The number of carbonyl (C=O) groups excluding carboxylic acids is 2. The summed E-state index contributed by atoms with van der Waals surface area (Å²) in [5, 5.41) is 1.38. The van der Waals surface area contributed by atoms with Crippen molar-refractivity contribution >= 4 is 35.0 Å². The Labute approximate surface area is 94.9 Å².